The number of hydrogen-bond acceptors (Lipinski definition) is 1. The van der Waals surface area contributed by atoms with Gasteiger partial charge in [-0.2, -0.15) is 0 Å². The summed E-state index contributed by atoms with van der Waals surface area (Å²) in [6.07, 6.45) is 1.90. The van der Waals surface area contributed by atoms with Crippen molar-refractivity contribution in [3.8, 4) is 0 Å². The third-order valence-electron chi connectivity index (χ3n) is 3.00. The van der Waals surface area contributed by atoms with Crippen molar-refractivity contribution in [3.05, 3.63) is 33.8 Å². The van der Waals surface area contributed by atoms with Crippen LogP contribution in [0.1, 0.15) is 25.3 Å². The molecule has 0 radical (unpaired) electrons. The number of halogens is 3. The van der Waals surface area contributed by atoms with E-state index in [1.54, 1.807) is 0 Å². The van der Waals surface area contributed by atoms with Crippen LogP contribution in [0.4, 0.5) is 8.78 Å². The minimum absolute atomic E-state index is 0.0741. The van der Waals surface area contributed by atoms with Crippen molar-refractivity contribution >= 4 is 15.9 Å². The van der Waals surface area contributed by atoms with E-state index in [4.69, 9.17) is 0 Å². The van der Waals surface area contributed by atoms with Crippen molar-refractivity contribution in [1.29, 1.82) is 0 Å². The Labute approximate surface area is 96.0 Å². The van der Waals surface area contributed by atoms with Gasteiger partial charge in [-0.1, -0.05) is 6.07 Å². The van der Waals surface area contributed by atoms with E-state index in [1.165, 1.54) is 12.1 Å². The summed E-state index contributed by atoms with van der Waals surface area (Å²) in [5.41, 5.74) is 0.175. The lowest BCUT2D eigenvalue weighted by atomic mass is 9.90. The zero-order chi connectivity index (χ0) is 11.1. The Morgan fingerprint density at radius 2 is 2.13 bits per heavy atom. The van der Waals surface area contributed by atoms with Crippen molar-refractivity contribution in [2.24, 2.45) is 0 Å². The highest BCUT2D eigenvalue weighted by Crippen LogP contribution is 2.35. The molecule has 82 valence electrons. The zero-order valence-electron chi connectivity index (χ0n) is 8.41. The van der Waals surface area contributed by atoms with Gasteiger partial charge in [0.1, 0.15) is 11.6 Å². The topological polar surface area (TPSA) is 12.0 Å². The van der Waals surface area contributed by atoms with Crippen LogP contribution in [-0.4, -0.2) is 6.54 Å². The second kappa shape index (κ2) is 3.83. The van der Waals surface area contributed by atoms with E-state index in [0.29, 0.717) is 5.56 Å². The van der Waals surface area contributed by atoms with Crippen molar-refractivity contribution in [2.45, 2.75) is 25.3 Å². The lowest BCUT2D eigenvalue weighted by molar-refractivity contribution is 0.406. The highest BCUT2D eigenvalue weighted by molar-refractivity contribution is 9.10. The van der Waals surface area contributed by atoms with Gasteiger partial charge in [0, 0.05) is 11.1 Å². The first-order chi connectivity index (χ1) is 7.04. The summed E-state index contributed by atoms with van der Waals surface area (Å²) in [5.74, 6) is -1.05. The molecule has 1 aromatic carbocycles. The van der Waals surface area contributed by atoms with Crippen LogP contribution in [0, 0.1) is 11.6 Å². The fourth-order valence-electron chi connectivity index (χ4n) is 2.08. The first-order valence-corrected chi connectivity index (χ1v) is 5.73. The zero-order valence-corrected chi connectivity index (χ0v) is 10.00. The van der Waals surface area contributed by atoms with Crippen LogP contribution in [0.5, 0.6) is 0 Å². The summed E-state index contributed by atoms with van der Waals surface area (Å²) >= 11 is 2.92. The number of rotatable bonds is 1. The van der Waals surface area contributed by atoms with Crippen LogP contribution < -0.4 is 5.32 Å². The summed E-state index contributed by atoms with van der Waals surface area (Å²) in [5, 5.41) is 3.25. The molecule has 1 aliphatic heterocycles. The molecule has 0 amide bonds. The van der Waals surface area contributed by atoms with Gasteiger partial charge in [0.15, 0.2) is 0 Å². The first-order valence-electron chi connectivity index (χ1n) is 4.93. The Balaban J connectivity index is 2.49. The van der Waals surface area contributed by atoms with Crippen molar-refractivity contribution in [2.75, 3.05) is 6.54 Å². The molecule has 0 saturated carbocycles. The summed E-state index contributed by atoms with van der Waals surface area (Å²) in [7, 11) is 0. The third kappa shape index (κ3) is 1.81. The molecule has 1 atom stereocenters. The molecule has 1 heterocycles. The SMILES string of the molecule is CC1(c2ccc(F)c(Br)c2F)CCCN1. The average molecular weight is 276 g/mol. The number of benzene rings is 1. The highest BCUT2D eigenvalue weighted by atomic mass is 79.9. The van der Waals surface area contributed by atoms with E-state index in [1.807, 2.05) is 6.92 Å². The van der Waals surface area contributed by atoms with Crippen LogP contribution >= 0.6 is 15.9 Å². The van der Waals surface area contributed by atoms with Crippen molar-refractivity contribution in [1.82, 2.24) is 5.32 Å². The second-order valence-electron chi connectivity index (χ2n) is 4.09. The summed E-state index contributed by atoms with van der Waals surface area (Å²) < 4.78 is 26.8. The van der Waals surface area contributed by atoms with E-state index in [9.17, 15) is 8.78 Å². The van der Waals surface area contributed by atoms with E-state index in [2.05, 4.69) is 21.2 Å². The maximum absolute atomic E-state index is 13.8. The standard InChI is InChI=1S/C11H12BrF2N/c1-11(5-2-6-15-11)7-3-4-8(13)9(12)10(7)14/h3-4,15H,2,5-6H2,1H3. The van der Waals surface area contributed by atoms with E-state index in [0.717, 1.165) is 19.4 Å². The van der Waals surface area contributed by atoms with Gasteiger partial charge >= 0.3 is 0 Å². The predicted molar refractivity (Wildman–Crippen MR) is 58.6 cm³/mol. The molecule has 1 nitrogen and oxygen atoms in total. The lowest BCUT2D eigenvalue weighted by Crippen LogP contribution is -2.34. The maximum atomic E-state index is 13.8. The lowest BCUT2D eigenvalue weighted by Gasteiger charge is -2.25. The molecular weight excluding hydrogens is 264 g/mol. The normalized spacial score (nSPS) is 25.9. The monoisotopic (exact) mass is 275 g/mol. The fourth-order valence-corrected chi connectivity index (χ4v) is 2.42. The highest BCUT2D eigenvalue weighted by Gasteiger charge is 2.33. The smallest absolute Gasteiger partial charge is 0.145 e. The Morgan fingerprint density at radius 1 is 1.40 bits per heavy atom. The first kappa shape index (κ1) is 11.0. The molecule has 2 rings (SSSR count). The largest absolute Gasteiger partial charge is 0.308 e. The molecule has 0 bridgehead atoms. The van der Waals surface area contributed by atoms with Crippen LogP contribution in [-0.2, 0) is 5.54 Å². The molecule has 1 N–H and O–H groups in total. The molecule has 0 spiro atoms. The molecule has 0 aromatic heterocycles. The summed E-state index contributed by atoms with van der Waals surface area (Å²) in [6, 6.07) is 2.82. The van der Waals surface area contributed by atoms with Crippen LogP contribution in [0.15, 0.2) is 16.6 Å². The molecule has 1 fully saturated rings. The molecule has 0 aliphatic carbocycles. The van der Waals surface area contributed by atoms with Crippen LogP contribution in [0.3, 0.4) is 0 Å². The second-order valence-corrected chi connectivity index (χ2v) is 4.88. The van der Waals surface area contributed by atoms with Gasteiger partial charge in [0.2, 0.25) is 0 Å². The fraction of sp³-hybridized carbons (Fsp3) is 0.455. The van der Waals surface area contributed by atoms with Crippen molar-refractivity contribution < 1.29 is 8.78 Å². The third-order valence-corrected chi connectivity index (χ3v) is 3.73. The molecule has 1 unspecified atom stereocenters. The summed E-state index contributed by atoms with van der Waals surface area (Å²) in [4.78, 5) is 0. The van der Waals surface area contributed by atoms with Gasteiger partial charge in [-0.05, 0) is 48.3 Å². The Hall–Kier alpha value is -0.480. The summed E-state index contributed by atoms with van der Waals surface area (Å²) in [6.45, 7) is 2.83. The molecular formula is C11H12BrF2N. The molecule has 4 heteroatoms. The van der Waals surface area contributed by atoms with Gasteiger partial charge in [-0.3, -0.25) is 0 Å². The number of nitrogens with one attached hydrogen (secondary N) is 1. The van der Waals surface area contributed by atoms with E-state index in [-0.39, 0.29) is 10.0 Å². The molecule has 15 heavy (non-hydrogen) atoms. The van der Waals surface area contributed by atoms with Gasteiger partial charge in [-0.15, -0.1) is 0 Å². The predicted octanol–water partition coefficient (Wildman–Crippen LogP) is 3.33. The van der Waals surface area contributed by atoms with Gasteiger partial charge in [0.25, 0.3) is 0 Å². The van der Waals surface area contributed by atoms with Crippen LogP contribution in [0.2, 0.25) is 0 Å². The molecule has 1 aromatic rings. The number of hydrogen-bond donors (Lipinski definition) is 1. The van der Waals surface area contributed by atoms with Gasteiger partial charge < -0.3 is 5.32 Å². The van der Waals surface area contributed by atoms with Crippen molar-refractivity contribution in [3.63, 3.8) is 0 Å². The average Bonchev–Trinajstić information content (AvgIpc) is 2.62. The Morgan fingerprint density at radius 3 is 2.73 bits per heavy atom. The molecule has 1 saturated heterocycles. The quantitative estimate of drug-likeness (QED) is 0.776. The van der Waals surface area contributed by atoms with Gasteiger partial charge in [-0.25, -0.2) is 8.78 Å². The maximum Gasteiger partial charge on any atom is 0.145 e. The minimum atomic E-state index is -0.558. The van der Waals surface area contributed by atoms with E-state index < -0.39 is 11.6 Å². The van der Waals surface area contributed by atoms with Gasteiger partial charge in [0.05, 0.1) is 4.47 Å². The Kier molecular flexibility index (Phi) is 2.81. The minimum Gasteiger partial charge on any atom is -0.308 e. The van der Waals surface area contributed by atoms with Crippen LogP contribution in [0.25, 0.3) is 0 Å². The van der Waals surface area contributed by atoms with E-state index >= 15 is 0 Å². The Bertz CT molecular complexity index is 386. The molecule has 1 aliphatic rings.